The van der Waals surface area contributed by atoms with Gasteiger partial charge in [0, 0.05) is 0 Å². The Morgan fingerprint density at radius 2 is 1.57 bits per heavy atom. The maximum absolute atomic E-state index is 3.90. The SMILES string of the molecule is C=C[N+](C)(CC)CCCCCCCC. The summed E-state index contributed by atoms with van der Waals surface area (Å²) in [6.07, 6.45) is 10.4. The lowest BCUT2D eigenvalue weighted by molar-refractivity contribution is -0.857. The van der Waals surface area contributed by atoms with E-state index in [4.69, 9.17) is 0 Å². The largest absolute Gasteiger partial charge is 0.300 e. The second kappa shape index (κ2) is 8.05. The molecule has 0 aromatic carbocycles. The lowest BCUT2D eigenvalue weighted by atomic mass is 10.1. The number of nitrogens with zero attached hydrogens (tertiary/aromatic N) is 1. The van der Waals surface area contributed by atoms with E-state index in [9.17, 15) is 0 Å². The van der Waals surface area contributed by atoms with Gasteiger partial charge >= 0.3 is 0 Å². The first-order chi connectivity index (χ1) is 6.68. The zero-order valence-electron chi connectivity index (χ0n) is 10.4. The Morgan fingerprint density at radius 3 is 2.07 bits per heavy atom. The van der Waals surface area contributed by atoms with Crippen LogP contribution in [-0.4, -0.2) is 24.6 Å². The molecule has 0 amide bonds. The molecule has 0 heterocycles. The second-order valence-corrected chi connectivity index (χ2v) is 4.47. The molecule has 0 radical (unpaired) electrons. The molecule has 0 bridgehead atoms. The highest BCUT2D eigenvalue weighted by Gasteiger charge is 2.13. The summed E-state index contributed by atoms with van der Waals surface area (Å²) >= 11 is 0. The fraction of sp³-hybridized carbons (Fsp3) is 0.846. The van der Waals surface area contributed by atoms with Crippen LogP contribution in [0.2, 0.25) is 0 Å². The first-order valence-corrected chi connectivity index (χ1v) is 6.16. The molecule has 84 valence electrons. The Labute approximate surface area is 90.4 Å². The van der Waals surface area contributed by atoms with Crippen molar-refractivity contribution in [1.29, 1.82) is 0 Å². The highest BCUT2D eigenvalue weighted by atomic mass is 15.3. The maximum atomic E-state index is 3.90. The van der Waals surface area contributed by atoms with Crippen LogP contribution in [0, 0.1) is 0 Å². The van der Waals surface area contributed by atoms with Gasteiger partial charge in [-0.3, -0.25) is 0 Å². The van der Waals surface area contributed by atoms with Gasteiger partial charge in [-0.2, -0.15) is 0 Å². The summed E-state index contributed by atoms with van der Waals surface area (Å²) in [7, 11) is 2.26. The Balaban J connectivity index is 3.38. The summed E-state index contributed by atoms with van der Waals surface area (Å²) in [5, 5.41) is 0. The van der Waals surface area contributed by atoms with E-state index >= 15 is 0 Å². The first-order valence-electron chi connectivity index (χ1n) is 6.16. The van der Waals surface area contributed by atoms with Gasteiger partial charge in [0.25, 0.3) is 0 Å². The fourth-order valence-corrected chi connectivity index (χ4v) is 1.63. The Morgan fingerprint density at radius 1 is 1.00 bits per heavy atom. The molecule has 0 aliphatic carbocycles. The molecule has 0 spiro atoms. The summed E-state index contributed by atoms with van der Waals surface area (Å²) in [5.41, 5.74) is 0. The molecule has 0 fully saturated rings. The molecule has 0 aliphatic heterocycles. The molecule has 1 atom stereocenters. The normalized spacial score (nSPS) is 15.1. The minimum absolute atomic E-state index is 1.02. The minimum Gasteiger partial charge on any atom is -0.300 e. The molecule has 1 nitrogen and oxygen atoms in total. The van der Waals surface area contributed by atoms with E-state index in [-0.39, 0.29) is 0 Å². The zero-order valence-corrected chi connectivity index (χ0v) is 10.4. The fourth-order valence-electron chi connectivity index (χ4n) is 1.63. The third-order valence-corrected chi connectivity index (χ3v) is 3.19. The third-order valence-electron chi connectivity index (χ3n) is 3.19. The Bertz CT molecular complexity index is 142. The average Bonchev–Trinajstić information content (AvgIpc) is 2.23. The number of rotatable bonds is 9. The van der Waals surface area contributed by atoms with Crippen molar-refractivity contribution >= 4 is 0 Å². The van der Waals surface area contributed by atoms with Crippen molar-refractivity contribution in [3.63, 3.8) is 0 Å². The van der Waals surface area contributed by atoms with Crippen LogP contribution in [0.25, 0.3) is 0 Å². The van der Waals surface area contributed by atoms with Crippen molar-refractivity contribution in [1.82, 2.24) is 0 Å². The van der Waals surface area contributed by atoms with Crippen LogP contribution in [0.5, 0.6) is 0 Å². The maximum Gasteiger partial charge on any atom is 0.0883 e. The van der Waals surface area contributed by atoms with Gasteiger partial charge in [-0.05, 0) is 26.3 Å². The molecule has 0 N–H and O–H groups in total. The summed E-state index contributed by atoms with van der Waals surface area (Å²) in [6.45, 7) is 10.8. The highest BCUT2D eigenvalue weighted by molar-refractivity contribution is 4.54. The van der Waals surface area contributed by atoms with Gasteiger partial charge in [-0.15, -0.1) is 0 Å². The molecular weight excluding hydrogens is 170 g/mol. The molecule has 0 rings (SSSR count). The third kappa shape index (κ3) is 6.20. The van der Waals surface area contributed by atoms with Crippen molar-refractivity contribution in [2.75, 3.05) is 20.1 Å². The molecule has 0 aliphatic rings. The molecule has 0 saturated heterocycles. The van der Waals surface area contributed by atoms with Gasteiger partial charge < -0.3 is 4.48 Å². The number of hydrogen-bond donors (Lipinski definition) is 0. The van der Waals surface area contributed by atoms with E-state index < -0.39 is 0 Å². The summed E-state index contributed by atoms with van der Waals surface area (Å²) in [5.74, 6) is 0. The number of quaternary nitrogens is 1. The molecule has 0 saturated carbocycles. The number of unbranched alkanes of at least 4 members (excludes halogenated alkanes) is 5. The van der Waals surface area contributed by atoms with Crippen LogP contribution in [0.1, 0.15) is 52.4 Å². The van der Waals surface area contributed by atoms with Crippen LogP contribution < -0.4 is 0 Å². The zero-order chi connectivity index (χ0) is 10.9. The van der Waals surface area contributed by atoms with E-state index in [0.717, 1.165) is 4.48 Å². The predicted octanol–water partition coefficient (Wildman–Crippen LogP) is 3.96. The highest BCUT2D eigenvalue weighted by Crippen LogP contribution is 2.09. The van der Waals surface area contributed by atoms with Gasteiger partial charge in [-0.1, -0.05) is 32.6 Å². The van der Waals surface area contributed by atoms with Crippen molar-refractivity contribution < 1.29 is 4.48 Å². The van der Waals surface area contributed by atoms with Crippen molar-refractivity contribution in [2.45, 2.75) is 52.4 Å². The van der Waals surface area contributed by atoms with E-state index in [1.807, 2.05) is 0 Å². The monoisotopic (exact) mass is 198 g/mol. The first kappa shape index (κ1) is 13.7. The number of hydrogen-bond acceptors (Lipinski definition) is 0. The topological polar surface area (TPSA) is 0 Å². The Hall–Kier alpha value is -0.300. The average molecular weight is 198 g/mol. The van der Waals surface area contributed by atoms with Gasteiger partial charge in [0.1, 0.15) is 0 Å². The lowest BCUT2D eigenvalue weighted by Crippen LogP contribution is -2.38. The van der Waals surface area contributed by atoms with E-state index in [1.165, 1.54) is 51.6 Å². The summed E-state index contributed by atoms with van der Waals surface area (Å²) in [4.78, 5) is 0. The standard InChI is InChI=1S/C13H28N/c1-5-8-9-10-11-12-13-14(4,6-2)7-3/h6H,2,5,7-13H2,1,3-4H3/q+1. The van der Waals surface area contributed by atoms with Crippen LogP contribution in [-0.2, 0) is 0 Å². The smallest absolute Gasteiger partial charge is 0.0883 e. The van der Waals surface area contributed by atoms with E-state index in [2.05, 4.69) is 33.7 Å². The molecular formula is C13H28N+. The van der Waals surface area contributed by atoms with E-state index in [0.29, 0.717) is 0 Å². The molecule has 1 unspecified atom stereocenters. The summed E-state index contributed by atoms with van der Waals surface area (Å²) < 4.78 is 1.02. The predicted molar refractivity (Wildman–Crippen MR) is 65.2 cm³/mol. The van der Waals surface area contributed by atoms with Gasteiger partial charge in [-0.25, -0.2) is 0 Å². The molecule has 0 aromatic rings. The van der Waals surface area contributed by atoms with E-state index in [1.54, 1.807) is 0 Å². The Kier molecular flexibility index (Phi) is 7.87. The summed E-state index contributed by atoms with van der Waals surface area (Å²) in [6, 6.07) is 0. The van der Waals surface area contributed by atoms with Crippen molar-refractivity contribution in [2.24, 2.45) is 0 Å². The van der Waals surface area contributed by atoms with Crippen molar-refractivity contribution in [3.8, 4) is 0 Å². The quantitative estimate of drug-likeness (QED) is 0.388. The van der Waals surface area contributed by atoms with Crippen LogP contribution in [0.4, 0.5) is 0 Å². The van der Waals surface area contributed by atoms with Gasteiger partial charge in [0.15, 0.2) is 0 Å². The van der Waals surface area contributed by atoms with Crippen LogP contribution >= 0.6 is 0 Å². The lowest BCUT2D eigenvalue weighted by Gasteiger charge is -2.28. The molecule has 1 heteroatoms. The molecule has 14 heavy (non-hydrogen) atoms. The second-order valence-electron chi connectivity index (χ2n) is 4.47. The van der Waals surface area contributed by atoms with Crippen LogP contribution in [0.3, 0.4) is 0 Å². The minimum atomic E-state index is 1.02. The van der Waals surface area contributed by atoms with Gasteiger partial charge in [0.05, 0.1) is 26.3 Å². The van der Waals surface area contributed by atoms with Gasteiger partial charge in [0.2, 0.25) is 0 Å². The molecule has 0 aromatic heterocycles. The van der Waals surface area contributed by atoms with Crippen LogP contribution in [0.15, 0.2) is 12.8 Å². The van der Waals surface area contributed by atoms with Crippen molar-refractivity contribution in [3.05, 3.63) is 12.8 Å².